The van der Waals surface area contributed by atoms with Crippen LogP contribution in [-0.4, -0.2) is 35.5 Å². The van der Waals surface area contributed by atoms with E-state index in [0.717, 1.165) is 6.07 Å². The first-order valence-corrected chi connectivity index (χ1v) is 9.10. The number of methoxy groups -OCH3 is 1. The van der Waals surface area contributed by atoms with Crippen molar-refractivity contribution in [3.05, 3.63) is 53.4 Å². The number of pyridine rings is 1. The number of nitrogens with zero attached hydrogens (tertiary/aromatic N) is 1. The number of hydrogen-bond donors (Lipinski definition) is 1. The molecule has 154 valence electrons. The van der Waals surface area contributed by atoms with Gasteiger partial charge in [0.15, 0.2) is 17.3 Å². The second kappa shape index (κ2) is 7.87. The van der Waals surface area contributed by atoms with Crippen molar-refractivity contribution in [3.8, 4) is 5.75 Å². The standard InChI is InChI=1S/C21H22F2N2O4/c1-11(26)16-9-12(7-8-24-16)25-20(27)19-14(10-21(2,3)29-19)13-5-6-15(22)17(23)18(13)28-4/h5-9,14,19H,10H2,1-4H3,(H,24,25,27)/t14-,19-/m1/s1. The Balaban J connectivity index is 1.93. The molecule has 2 aromatic rings. The molecule has 2 heterocycles. The maximum absolute atomic E-state index is 14.2. The Hall–Kier alpha value is -2.87. The van der Waals surface area contributed by atoms with Gasteiger partial charge in [-0.05, 0) is 38.5 Å². The van der Waals surface area contributed by atoms with Crippen molar-refractivity contribution in [1.82, 2.24) is 4.98 Å². The number of benzene rings is 1. The summed E-state index contributed by atoms with van der Waals surface area (Å²) in [5.41, 5.74) is 0.302. The number of rotatable bonds is 5. The Bertz CT molecular complexity index is 962. The zero-order valence-electron chi connectivity index (χ0n) is 16.6. The zero-order chi connectivity index (χ0) is 21.3. The summed E-state index contributed by atoms with van der Waals surface area (Å²) in [6.07, 6.45) is 0.862. The van der Waals surface area contributed by atoms with Gasteiger partial charge >= 0.3 is 0 Å². The maximum atomic E-state index is 14.2. The third-order valence-corrected chi connectivity index (χ3v) is 4.85. The van der Waals surface area contributed by atoms with Gasteiger partial charge in [0.1, 0.15) is 11.8 Å². The summed E-state index contributed by atoms with van der Waals surface area (Å²) in [5.74, 6) is -3.62. The highest BCUT2D eigenvalue weighted by molar-refractivity contribution is 5.97. The van der Waals surface area contributed by atoms with E-state index in [1.54, 1.807) is 6.07 Å². The highest BCUT2D eigenvalue weighted by Crippen LogP contribution is 2.45. The molecular weight excluding hydrogens is 382 g/mol. The average Bonchev–Trinajstić information content (AvgIpc) is 2.99. The lowest BCUT2D eigenvalue weighted by molar-refractivity contribution is -0.130. The van der Waals surface area contributed by atoms with Crippen molar-refractivity contribution in [2.45, 2.75) is 44.8 Å². The fourth-order valence-corrected chi connectivity index (χ4v) is 3.58. The number of ketones is 1. The molecule has 0 radical (unpaired) electrons. The molecule has 1 saturated heterocycles. The van der Waals surface area contributed by atoms with E-state index in [9.17, 15) is 18.4 Å². The van der Waals surface area contributed by atoms with Crippen LogP contribution in [0, 0.1) is 11.6 Å². The normalized spacial score (nSPS) is 20.3. The van der Waals surface area contributed by atoms with Crippen molar-refractivity contribution >= 4 is 17.4 Å². The summed E-state index contributed by atoms with van der Waals surface area (Å²) in [7, 11) is 1.25. The van der Waals surface area contributed by atoms with Gasteiger partial charge in [-0.3, -0.25) is 14.6 Å². The second-order valence-electron chi connectivity index (χ2n) is 7.57. The summed E-state index contributed by atoms with van der Waals surface area (Å²) in [5, 5.41) is 2.72. The number of aromatic nitrogens is 1. The zero-order valence-corrected chi connectivity index (χ0v) is 16.6. The van der Waals surface area contributed by atoms with Crippen LogP contribution in [0.2, 0.25) is 0 Å². The summed E-state index contributed by atoms with van der Waals surface area (Å²) in [4.78, 5) is 28.4. The van der Waals surface area contributed by atoms with Crippen molar-refractivity contribution in [2.75, 3.05) is 12.4 Å². The largest absolute Gasteiger partial charge is 0.493 e. The van der Waals surface area contributed by atoms with E-state index < -0.39 is 35.2 Å². The van der Waals surface area contributed by atoms with E-state index in [1.807, 2.05) is 13.8 Å². The summed E-state index contributed by atoms with van der Waals surface area (Å²) >= 11 is 0. The molecule has 0 aliphatic carbocycles. The molecule has 1 fully saturated rings. The molecule has 0 spiro atoms. The summed E-state index contributed by atoms with van der Waals surface area (Å²) < 4.78 is 38.9. The summed E-state index contributed by atoms with van der Waals surface area (Å²) in [6, 6.07) is 5.44. The van der Waals surface area contributed by atoms with Gasteiger partial charge in [0, 0.05) is 30.3 Å². The lowest BCUT2D eigenvalue weighted by Crippen LogP contribution is -2.33. The van der Waals surface area contributed by atoms with E-state index in [0.29, 0.717) is 17.7 Å². The number of carbonyl (C=O) groups excluding carboxylic acids is 2. The van der Waals surface area contributed by atoms with E-state index in [4.69, 9.17) is 9.47 Å². The first kappa shape index (κ1) is 20.9. The van der Waals surface area contributed by atoms with E-state index in [1.165, 1.54) is 32.4 Å². The number of ether oxygens (including phenoxy) is 2. The van der Waals surface area contributed by atoms with Gasteiger partial charge in [-0.2, -0.15) is 4.39 Å². The van der Waals surface area contributed by atoms with Crippen molar-refractivity contribution < 1.29 is 27.8 Å². The highest BCUT2D eigenvalue weighted by atomic mass is 19.2. The Labute approximate surface area is 167 Å². The molecule has 1 amide bonds. The SMILES string of the molecule is COc1c([C@H]2CC(C)(C)O[C@H]2C(=O)Nc2ccnc(C(C)=O)c2)ccc(F)c1F. The van der Waals surface area contributed by atoms with Gasteiger partial charge in [0.25, 0.3) is 5.91 Å². The van der Waals surface area contributed by atoms with Gasteiger partial charge in [-0.15, -0.1) is 0 Å². The summed E-state index contributed by atoms with van der Waals surface area (Å²) in [6.45, 7) is 5.02. The number of halogens is 2. The lowest BCUT2D eigenvalue weighted by atomic mass is 9.86. The number of amides is 1. The average molecular weight is 404 g/mol. The topological polar surface area (TPSA) is 77.5 Å². The van der Waals surface area contributed by atoms with Crippen LogP contribution in [0.1, 0.15) is 49.2 Å². The lowest BCUT2D eigenvalue weighted by Gasteiger charge is -2.21. The quantitative estimate of drug-likeness (QED) is 0.766. The highest BCUT2D eigenvalue weighted by Gasteiger charge is 2.46. The van der Waals surface area contributed by atoms with Gasteiger partial charge < -0.3 is 14.8 Å². The number of hydrogen-bond acceptors (Lipinski definition) is 5. The van der Waals surface area contributed by atoms with Gasteiger partial charge in [-0.1, -0.05) is 6.07 Å². The molecule has 6 nitrogen and oxygen atoms in total. The minimum Gasteiger partial charge on any atom is -0.493 e. The smallest absolute Gasteiger partial charge is 0.254 e. The second-order valence-corrected chi connectivity index (χ2v) is 7.57. The fourth-order valence-electron chi connectivity index (χ4n) is 3.58. The molecular formula is C21H22F2N2O4. The Morgan fingerprint density at radius 3 is 2.66 bits per heavy atom. The van der Waals surface area contributed by atoms with Crippen molar-refractivity contribution in [3.63, 3.8) is 0 Å². The number of Topliss-reactive ketones (excluding diaryl/α,β-unsaturated/α-hetero) is 1. The van der Waals surface area contributed by atoms with Gasteiger partial charge in [0.2, 0.25) is 5.82 Å². The van der Waals surface area contributed by atoms with Crippen LogP contribution in [-0.2, 0) is 9.53 Å². The molecule has 2 atom stereocenters. The van der Waals surface area contributed by atoms with Gasteiger partial charge in [-0.25, -0.2) is 4.39 Å². The molecule has 0 saturated carbocycles. The van der Waals surface area contributed by atoms with Crippen LogP contribution in [0.15, 0.2) is 30.5 Å². The minimum absolute atomic E-state index is 0.217. The molecule has 1 N–H and O–H groups in total. The first-order valence-electron chi connectivity index (χ1n) is 9.10. The Kier molecular flexibility index (Phi) is 5.66. The van der Waals surface area contributed by atoms with Crippen LogP contribution < -0.4 is 10.1 Å². The van der Waals surface area contributed by atoms with Crippen LogP contribution in [0.3, 0.4) is 0 Å². The van der Waals surface area contributed by atoms with Crippen molar-refractivity contribution in [2.24, 2.45) is 0 Å². The molecule has 1 aromatic carbocycles. The number of anilines is 1. The molecule has 3 rings (SSSR count). The molecule has 1 aliphatic rings. The monoisotopic (exact) mass is 404 g/mol. The fraction of sp³-hybridized carbons (Fsp3) is 0.381. The molecule has 0 unspecified atom stereocenters. The van der Waals surface area contributed by atoms with Crippen LogP contribution >= 0.6 is 0 Å². The maximum Gasteiger partial charge on any atom is 0.254 e. The predicted octanol–water partition coefficient (Wildman–Crippen LogP) is 3.86. The van der Waals surface area contributed by atoms with Crippen LogP contribution in [0.25, 0.3) is 0 Å². The number of carbonyl (C=O) groups is 2. The van der Waals surface area contributed by atoms with Crippen LogP contribution in [0.4, 0.5) is 14.5 Å². The molecule has 1 aliphatic heterocycles. The molecule has 8 heteroatoms. The van der Waals surface area contributed by atoms with Gasteiger partial charge in [0.05, 0.1) is 12.7 Å². The Morgan fingerprint density at radius 2 is 2.00 bits per heavy atom. The number of nitrogens with one attached hydrogen (secondary N) is 1. The third kappa shape index (κ3) is 4.27. The Morgan fingerprint density at radius 1 is 1.28 bits per heavy atom. The van der Waals surface area contributed by atoms with E-state index >= 15 is 0 Å². The third-order valence-electron chi connectivity index (χ3n) is 4.85. The first-order chi connectivity index (χ1) is 13.6. The predicted molar refractivity (Wildman–Crippen MR) is 102 cm³/mol. The molecule has 0 bridgehead atoms. The van der Waals surface area contributed by atoms with E-state index in [-0.39, 0.29) is 17.2 Å². The minimum atomic E-state index is -1.10. The van der Waals surface area contributed by atoms with Crippen molar-refractivity contribution in [1.29, 1.82) is 0 Å². The van der Waals surface area contributed by atoms with Crippen LogP contribution in [0.5, 0.6) is 5.75 Å². The molecule has 29 heavy (non-hydrogen) atoms. The van der Waals surface area contributed by atoms with E-state index in [2.05, 4.69) is 10.3 Å². The molecule has 1 aromatic heterocycles.